The van der Waals surface area contributed by atoms with Crippen molar-refractivity contribution in [2.24, 2.45) is 0 Å². The molecule has 0 unspecified atom stereocenters. The molecule has 0 atom stereocenters. The van der Waals surface area contributed by atoms with Crippen molar-refractivity contribution in [3.05, 3.63) is 63.6 Å². The van der Waals surface area contributed by atoms with Crippen LogP contribution in [0.25, 0.3) is 0 Å². The highest BCUT2D eigenvalue weighted by atomic mass is 79.9. The first-order chi connectivity index (χ1) is 10.5. The molecule has 0 aliphatic carbocycles. The normalized spacial score (nSPS) is 10.1. The molecule has 0 bridgehead atoms. The van der Waals surface area contributed by atoms with Crippen molar-refractivity contribution < 1.29 is 9.59 Å². The van der Waals surface area contributed by atoms with Gasteiger partial charge in [-0.05, 0) is 65.2 Å². The average Bonchev–Trinajstić information content (AvgIpc) is 2.51. The van der Waals surface area contributed by atoms with Gasteiger partial charge in [0, 0.05) is 10.0 Å². The van der Waals surface area contributed by atoms with E-state index in [-0.39, 0.29) is 18.4 Å². The number of hydrogen-bond acceptors (Lipinski definition) is 2. The highest BCUT2D eigenvalue weighted by Gasteiger charge is 2.10. The van der Waals surface area contributed by atoms with E-state index >= 15 is 0 Å². The number of anilines is 1. The van der Waals surface area contributed by atoms with Crippen LogP contribution in [0.2, 0.25) is 0 Å². The summed E-state index contributed by atoms with van der Waals surface area (Å²) in [6, 6.07) is 12.6. The lowest BCUT2D eigenvalue weighted by Gasteiger charge is -2.11. The summed E-state index contributed by atoms with van der Waals surface area (Å²) in [5.41, 5.74) is 3.46. The quantitative estimate of drug-likeness (QED) is 0.877. The number of carbonyl (C=O) groups excluding carboxylic acids is 2. The molecular weight excluding hydrogens is 344 g/mol. The van der Waals surface area contributed by atoms with Crippen molar-refractivity contribution >= 4 is 33.4 Å². The molecule has 2 aromatic rings. The highest BCUT2D eigenvalue weighted by Crippen LogP contribution is 2.25. The van der Waals surface area contributed by atoms with Gasteiger partial charge >= 0.3 is 0 Å². The number of amides is 2. The van der Waals surface area contributed by atoms with Gasteiger partial charge in [-0.25, -0.2) is 0 Å². The molecular formula is C17H17BrN2O2. The first-order valence-electron chi connectivity index (χ1n) is 6.87. The zero-order valence-corrected chi connectivity index (χ0v) is 14.0. The molecule has 2 N–H and O–H groups in total. The monoisotopic (exact) mass is 360 g/mol. The molecule has 0 radical (unpaired) electrons. The molecule has 22 heavy (non-hydrogen) atoms. The van der Waals surface area contributed by atoms with Crippen LogP contribution in [0, 0.1) is 13.8 Å². The van der Waals surface area contributed by atoms with Gasteiger partial charge in [-0.15, -0.1) is 0 Å². The van der Waals surface area contributed by atoms with Crippen LogP contribution < -0.4 is 10.6 Å². The highest BCUT2D eigenvalue weighted by molar-refractivity contribution is 9.10. The number of nitrogens with one attached hydrogen (secondary N) is 2. The third-order valence-corrected chi connectivity index (χ3v) is 3.96. The smallest absolute Gasteiger partial charge is 0.251 e. The molecule has 0 aliphatic rings. The maximum absolute atomic E-state index is 12.0. The zero-order valence-electron chi connectivity index (χ0n) is 12.4. The molecule has 4 nitrogen and oxygen atoms in total. The van der Waals surface area contributed by atoms with Crippen LogP contribution in [0.1, 0.15) is 21.5 Å². The van der Waals surface area contributed by atoms with Crippen LogP contribution in [-0.2, 0) is 4.79 Å². The molecule has 0 spiro atoms. The molecule has 2 amide bonds. The summed E-state index contributed by atoms with van der Waals surface area (Å²) in [6.45, 7) is 3.91. The Balaban J connectivity index is 1.94. The molecule has 5 heteroatoms. The van der Waals surface area contributed by atoms with Gasteiger partial charge in [-0.1, -0.05) is 18.2 Å². The van der Waals surface area contributed by atoms with Gasteiger partial charge in [-0.2, -0.15) is 0 Å². The number of hydrogen-bond donors (Lipinski definition) is 2. The van der Waals surface area contributed by atoms with E-state index in [1.165, 1.54) is 0 Å². The van der Waals surface area contributed by atoms with Gasteiger partial charge in [0.15, 0.2) is 0 Å². The number of benzene rings is 2. The molecule has 0 heterocycles. The van der Waals surface area contributed by atoms with E-state index in [9.17, 15) is 9.59 Å². The minimum Gasteiger partial charge on any atom is -0.343 e. The maximum Gasteiger partial charge on any atom is 0.251 e. The van der Waals surface area contributed by atoms with E-state index in [0.29, 0.717) is 11.3 Å². The van der Waals surface area contributed by atoms with Crippen LogP contribution in [-0.4, -0.2) is 18.4 Å². The minimum atomic E-state index is -0.270. The van der Waals surface area contributed by atoms with Gasteiger partial charge in [-0.3, -0.25) is 9.59 Å². The largest absolute Gasteiger partial charge is 0.343 e. The third kappa shape index (κ3) is 4.18. The molecule has 2 rings (SSSR count). The van der Waals surface area contributed by atoms with Crippen LogP contribution in [0.15, 0.2) is 46.9 Å². The third-order valence-electron chi connectivity index (χ3n) is 3.30. The number of carbonyl (C=O) groups is 2. The average molecular weight is 361 g/mol. The van der Waals surface area contributed by atoms with Crippen molar-refractivity contribution in [2.75, 3.05) is 11.9 Å². The summed E-state index contributed by atoms with van der Waals surface area (Å²) in [7, 11) is 0. The fourth-order valence-corrected chi connectivity index (χ4v) is 2.48. The van der Waals surface area contributed by atoms with Crippen LogP contribution in [0.3, 0.4) is 0 Å². The Labute approximate surface area is 138 Å². The predicted octanol–water partition coefficient (Wildman–Crippen LogP) is 3.43. The Morgan fingerprint density at radius 1 is 1.05 bits per heavy atom. The van der Waals surface area contributed by atoms with Crippen molar-refractivity contribution in [3.63, 3.8) is 0 Å². The zero-order chi connectivity index (χ0) is 16.1. The van der Waals surface area contributed by atoms with Crippen molar-refractivity contribution in [2.45, 2.75) is 13.8 Å². The fourth-order valence-electron chi connectivity index (χ4n) is 1.92. The minimum absolute atomic E-state index is 0.0763. The van der Waals surface area contributed by atoms with Crippen molar-refractivity contribution in [3.8, 4) is 0 Å². The lowest BCUT2D eigenvalue weighted by molar-refractivity contribution is -0.115. The summed E-state index contributed by atoms with van der Waals surface area (Å²) >= 11 is 3.42. The van der Waals surface area contributed by atoms with E-state index in [2.05, 4.69) is 26.6 Å². The van der Waals surface area contributed by atoms with Gasteiger partial charge in [0.1, 0.15) is 0 Å². The topological polar surface area (TPSA) is 58.2 Å². The molecule has 0 saturated carbocycles. The molecule has 0 aromatic heterocycles. The second-order valence-corrected chi connectivity index (χ2v) is 5.87. The molecule has 0 fully saturated rings. The summed E-state index contributed by atoms with van der Waals surface area (Å²) in [4.78, 5) is 23.8. The maximum atomic E-state index is 12.0. The molecule has 114 valence electrons. The first kappa shape index (κ1) is 16.2. The van der Waals surface area contributed by atoms with E-state index in [1.807, 2.05) is 32.0 Å². The SMILES string of the molecule is Cc1cc(Br)c(NC(=O)CNC(=O)c2ccccc2)cc1C. The molecule has 0 saturated heterocycles. The lowest BCUT2D eigenvalue weighted by Crippen LogP contribution is -2.32. The summed E-state index contributed by atoms with van der Waals surface area (Å²) < 4.78 is 0.818. The first-order valence-corrected chi connectivity index (χ1v) is 7.66. The fraction of sp³-hybridized carbons (Fsp3) is 0.176. The van der Waals surface area contributed by atoms with Crippen molar-refractivity contribution in [1.82, 2.24) is 5.32 Å². The van der Waals surface area contributed by atoms with Crippen LogP contribution in [0.4, 0.5) is 5.69 Å². The predicted molar refractivity (Wildman–Crippen MR) is 91.0 cm³/mol. The summed E-state index contributed by atoms with van der Waals surface area (Å²) in [5, 5.41) is 5.38. The number of halogens is 1. The Hall–Kier alpha value is -2.14. The van der Waals surface area contributed by atoms with E-state index in [4.69, 9.17) is 0 Å². The summed E-state index contributed by atoms with van der Waals surface area (Å²) in [5.74, 6) is -0.539. The number of rotatable bonds is 4. The van der Waals surface area contributed by atoms with Gasteiger partial charge in [0.25, 0.3) is 5.91 Å². The van der Waals surface area contributed by atoms with Gasteiger partial charge < -0.3 is 10.6 Å². The van der Waals surface area contributed by atoms with Crippen molar-refractivity contribution in [1.29, 1.82) is 0 Å². The van der Waals surface area contributed by atoms with E-state index in [0.717, 1.165) is 15.6 Å². The second kappa shape index (κ2) is 7.22. The molecule has 2 aromatic carbocycles. The molecule has 0 aliphatic heterocycles. The Bertz CT molecular complexity index is 699. The van der Waals surface area contributed by atoms with E-state index in [1.54, 1.807) is 24.3 Å². The lowest BCUT2D eigenvalue weighted by atomic mass is 10.1. The van der Waals surface area contributed by atoms with E-state index < -0.39 is 0 Å². The Morgan fingerprint density at radius 3 is 2.36 bits per heavy atom. The number of aryl methyl sites for hydroxylation is 2. The standard InChI is InChI=1S/C17H17BrN2O2/c1-11-8-14(18)15(9-12(11)2)20-16(21)10-19-17(22)13-6-4-3-5-7-13/h3-9H,10H2,1-2H3,(H,19,22)(H,20,21). The van der Waals surface area contributed by atoms with Crippen LogP contribution in [0.5, 0.6) is 0 Å². The Kier molecular flexibility index (Phi) is 5.33. The Morgan fingerprint density at radius 2 is 1.68 bits per heavy atom. The second-order valence-electron chi connectivity index (χ2n) is 5.01. The van der Waals surface area contributed by atoms with Gasteiger partial charge in [0.05, 0.1) is 12.2 Å². The van der Waals surface area contributed by atoms with Crippen LogP contribution >= 0.6 is 15.9 Å². The summed E-state index contributed by atoms with van der Waals surface area (Å²) in [6.07, 6.45) is 0. The van der Waals surface area contributed by atoms with Gasteiger partial charge in [0.2, 0.25) is 5.91 Å².